The Labute approximate surface area is 119 Å². The normalized spacial score (nSPS) is 40.8. The molecule has 0 aromatic rings. The van der Waals surface area contributed by atoms with Gasteiger partial charge < -0.3 is 5.73 Å². The monoisotopic (exact) mass is 292 g/mol. The quantitative estimate of drug-likeness (QED) is 0.843. The van der Waals surface area contributed by atoms with Gasteiger partial charge in [0.2, 0.25) is 0 Å². The van der Waals surface area contributed by atoms with Gasteiger partial charge in [-0.1, -0.05) is 6.92 Å². The van der Waals surface area contributed by atoms with Crippen molar-refractivity contribution in [3.05, 3.63) is 0 Å². The number of rotatable bonds is 2. The molecule has 2 rings (SSSR count). The van der Waals surface area contributed by atoms with E-state index >= 15 is 0 Å². The highest BCUT2D eigenvalue weighted by Crippen LogP contribution is 2.45. The van der Waals surface area contributed by atoms with Crippen LogP contribution in [0.1, 0.15) is 52.4 Å². The number of piperidine rings is 1. The van der Waals surface area contributed by atoms with E-state index in [1.54, 1.807) is 0 Å². The van der Waals surface area contributed by atoms with Gasteiger partial charge in [-0.25, -0.2) is 0 Å². The second-order valence-corrected chi connectivity index (χ2v) is 6.80. The Morgan fingerprint density at radius 1 is 1.15 bits per heavy atom. The highest BCUT2D eigenvalue weighted by Gasteiger charge is 2.49. The number of halogens is 3. The molecule has 1 aliphatic carbocycles. The standard InChI is InChI=1S/C15H27F3N2/c1-11-4-3-9-20(12(11)2)14(10-19)7-5-13(6-8-14)15(16,17)18/h11-13H,3-10,19H2,1-2H3. The molecule has 20 heavy (non-hydrogen) atoms. The van der Waals surface area contributed by atoms with Crippen LogP contribution in [0.2, 0.25) is 0 Å². The van der Waals surface area contributed by atoms with E-state index in [1.165, 1.54) is 6.42 Å². The van der Waals surface area contributed by atoms with Crippen molar-refractivity contribution in [1.82, 2.24) is 4.90 Å². The molecule has 118 valence electrons. The molecule has 0 aromatic heterocycles. The smallest absolute Gasteiger partial charge is 0.329 e. The van der Waals surface area contributed by atoms with Crippen LogP contribution in [0.15, 0.2) is 0 Å². The summed E-state index contributed by atoms with van der Waals surface area (Å²) in [6.45, 7) is 5.91. The van der Waals surface area contributed by atoms with Gasteiger partial charge in [0.15, 0.2) is 0 Å². The number of nitrogens with two attached hydrogens (primary N) is 1. The molecule has 2 N–H and O–H groups in total. The highest BCUT2D eigenvalue weighted by molar-refractivity contribution is 5.00. The van der Waals surface area contributed by atoms with Crippen LogP contribution in [-0.2, 0) is 0 Å². The average molecular weight is 292 g/mol. The van der Waals surface area contributed by atoms with E-state index in [4.69, 9.17) is 5.73 Å². The van der Waals surface area contributed by atoms with Crippen molar-refractivity contribution in [3.63, 3.8) is 0 Å². The molecule has 2 unspecified atom stereocenters. The van der Waals surface area contributed by atoms with Gasteiger partial charge in [-0.15, -0.1) is 0 Å². The second kappa shape index (κ2) is 5.84. The molecule has 0 bridgehead atoms. The molecule has 0 radical (unpaired) electrons. The van der Waals surface area contributed by atoms with Crippen LogP contribution in [0.3, 0.4) is 0 Å². The van der Waals surface area contributed by atoms with Gasteiger partial charge in [-0.3, -0.25) is 4.90 Å². The van der Waals surface area contributed by atoms with Gasteiger partial charge in [0, 0.05) is 18.1 Å². The number of hydrogen-bond acceptors (Lipinski definition) is 2. The zero-order valence-corrected chi connectivity index (χ0v) is 12.5. The summed E-state index contributed by atoms with van der Waals surface area (Å²) >= 11 is 0. The first kappa shape index (κ1) is 16.1. The maximum atomic E-state index is 12.8. The third-order valence-electron chi connectivity index (χ3n) is 5.74. The van der Waals surface area contributed by atoms with Gasteiger partial charge in [0.05, 0.1) is 5.92 Å². The first-order valence-corrected chi connectivity index (χ1v) is 7.84. The number of alkyl halides is 3. The second-order valence-electron chi connectivity index (χ2n) is 6.80. The van der Waals surface area contributed by atoms with Crippen LogP contribution in [0.25, 0.3) is 0 Å². The average Bonchev–Trinajstić information content (AvgIpc) is 2.41. The van der Waals surface area contributed by atoms with E-state index in [1.807, 2.05) is 0 Å². The Hall–Kier alpha value is -0.290. The molecule has 1 heterocycles. The largest absolute Gasteiger partial charge is 0.391 e. The van der Waals surface area contributed by atoms with E-state index in [0.29, 0.717) is 31.3 Å². The first-order valence-electron chi connectivity index (χ1n) is 7.84. The van der Waals surface area contributed by atoms with Crippen molar-refractivity contribution in [2.75, 3.05) is 13.1 Å². The molecule has 1 saturated heterocycles. The summed E-state index contributed by atoms with van der Waals surface area (Å²) in [5.41, 5.74) is 5.81. The molecule has 0 amide bonds. The maximum Gasteiger partial charge on any atom is 0.391 e. The Bertz CT molecular complexity index is 322. The van der Waals surface area contributed by atoms with Crippen LogP contribution in [0.4, 0.5) is 13.2 Å². The van der Waals surface area contributed by atoms with Crippen molar-refractivity contribution in [3.8, 4) is 0 Å². The lowest BCUT2D eigenvalue weighted by Gasteiger charge is -2.53. The Morgan fingerprint density at radius 2 is 1.75 bits per heavy atom. The Balaban J connectivity index is 2.08. The lowest BCUT2D eigenvalue weighted by molar-refractivity contribution is -0.190. The number of hydrogen-bond donors (Lipinski definition) is 1. The van der Waals surface area contributed by atoms with Crippen LogP contribution >= 0.6 is 0 Å². The van der Waals surface area contributed by atoms with Crippen molar-refractivity contribution in [2.45, 2.75) is 70.1 Å². The van der Waals surface area contributed by atoms with Gasteiger partial charge >= 0.3 is 6.18 Å². The molecule has 2 nitrogen and oxygen atoms in total. The minimum atomic E-state index is -4.04. The van der Waals surface area contributed by atoms with Crippen molar-refractivity contribution < 1.29 is 13.2 Å². The summed E-state index contributed by atoms with van der Waals surface area (Å²) in [5, 5.41) is 0. The van der Waals surface area contributed by atoms with E-state index < -0.39 is 12.1 Å². The van der Waals surface area contributed by atoms with Gasteiger partial charge in [0.1, 0.15) is 0 Å². The topological polar surface area (TPSA) is 29.3 Å². The fourth-order valence-corrected chi connectivity index (χ4v) is 4.10. The summed E-state index contributed by atoms with van der Waals surface area (Å²) in [4.78, 5) is 2.42. The Morgan fingerprint density at radius 3 is 2.25 bits per heavy atom. The third kappa shape index (κ3) is 2.98. The fourth-order valence-electron chi connectivity index (χ4n) is 4.10. The van der Waals surface area contributed by atoms with Gasteiger partial charge in [-0.05, 0) is 57.9 Å². The SMILES string of the molecule is CC1CCCN(C2(CN)CCC(C(F)(F)F)CC2)C1C. The Kier molecular flexibility index (Phi) is 4.69. The van der Waals surface area contributed by atoms with Crippen LogP contribution in [0.5, 0.6) is 0 Å². The zero-order valence-electron chi connectivity index (χ0n) is 12.5. The predicted molar refractivity (Wildman–Crippen MR) is 74.4 cm³/mol. The summed E-state index contributed by atoms with van der Waals surface area (Å²) in [6.07, 6.45) is -0.0485. The molecule has 2 atom stereocenters. The molecular weight excluding hydrogens is 265 g/mol. The van der Waals surface area contributed by atoms with Crippen LogP contribution in [0, 0.1) is 11.8 Å². The molecular formula is C15H27F3N2. The first-order chi connectivity index (χ1) is 9.30. The van der Waals surface area contributed by atoms with Crippen molar-refractivity contribution in [1.29, 1.82) is 0 Å². The summed E-state index contributed by atoms with van der Waals surface area (Å²) in [5.74, 6) is -0.521. The molecule has 2 aliphatic rings. The zero-order chi connectivity index (χ0) is 15.0. The number of likely N-dealkylation sites (tertiary alicyclic amines) is 1. The molecule has 1 saturated carbocycles. The van der Waals surface area contributed by atoms with Gasteiger partial charge in [0.25, 0.3) is 0 Å². The van der Waals surface area contributed by atoms with Crippen LogP contribution < -0.4 is 5.73 Å². The molecule has 1 aliphatic heterocycles. The molecule has 5 heteroatoms. The van der Waals surface area contributed by atoms with E-state index in [0.717, 1.165) is 13.0 Å². The van der Waals surface area contributed by atoms with E-state index in [-0.39, 0.29) is 18.4 Å². The van der Waals surface area contributed by atoms with E-state index in [2.05, 4.69) is 18.7 Å². The fraction of sp³-hybridized carbons (Fsp3) is 1.00. The molecule has 0 spiro atoms. The van der Waals surface area contributed by atoms with E-state index in [9.17, 15) is 13.2 Å². The van der Waals surface area contributed by atoms with Crippen LogP contribution in [-0.4, -0.2) is 35.7 Å². The maximum absolute atomic E-state index is 12.8. The summed E-state index contributed by atoms with van der Waals surface area (Å²) in [6, 6.07) is 0.426. The van der Waals surface area contributed by atoms with Crippen molar-refractivity contribution in [2.24, 2.45) is 17.6 Å². The predicted octanol–water partition coefficient (Wildman–Crippen LogP) is 3.56. The van der Waals surface area contributed by atoms with Crippen molar-refractivity contribution >= 4 is 0 Å². The minimum absolute atomic E-state index is 0.199. The lowest BCUT2D eigenvalue weighted by atomic mass is 9.73. The lowest BCUT2D eigenvalue weighted by Crippen LogP contribution is -2.62. The highest BCUT2D eigenvalue weighted by atomic mass is 19.4. The molecule has 0 aromatic carbocycles. The third-order valence-corrected chi connectivity index (χ3v) is 5.74. The number of nitrogens with zero attached hydrogens (tertiary/aromatic N) is 1. The van der Waals surface area contributed by atoms with Gasteiger partial charge in [-0.2, -0.15) is 13.2 Å². The summed E-state index contributed by atoms with van der Waals surface area (Å²) < 4.78 is 38.5. The molecule has 2 fully saturated rings. The summed E-state index contributed by atoms with van der Waals surface area (Å²) in [7, 11) is 0. The minimum Gasteiger partial charge on any atom is -0.329 e.